The molecule has 0 saturated heterocycles. The summed E-state index contributed by atoms with van der Waals surface area (Å²) < 4.78 is 0. The molecular formula is C19H36N8O7S. The van der Waals surface area contributed by atoms with Gasteiger partial charge < -0.3 is 49.1 Å². The van der Waals surface area contributed by atoms with Crippen molar-refractivity contribution in [1.29, 1.82) is 0 Å². The van der Waals surface area contributed by atoms with Crippen molar-refractivity contribution < 1.29 is 34.2 Å². The van der Waals surface area contributed by atoms with Crippen LogP contribution in [0, 0.1) is 0 Å². The molecule has 0 bridgehead atoms. The van der Waals surface area contributed by atoms with Gasteiger partial charge in [0.15, 0.2) is 5.96 Å². The fourth-order valence-corrected chi connectivity index (χ4v) is 3.25. The number of aliphatic imine (C=N–C) groups is 1. The number of hydrogen-bond donors (Lipinski definition) is 9. The van der Waals surface area contributed by atoms with Crippen LogP contribution in [0.3, 0.4) is 0 Å². The van der Waals surface area contributed by atoms with E-state index in [4.69, 9.17) is 22.9 Å². The number of carbonyl (C=O) groups is 5. The molecule has 0 aromatic rings. The highest BCUT2D eigenvalue weighted by Gasteiger charge is 2.32. The topological polar surface area (TPSA) is 278 Å². The highest BCUT2D eigenvalue weighted by atomic mass is 32.2. The lowest BCUT2D eigenvalue weighted by molar-refractivity contribution is -0.143. The van der Waals surface area contributed by atoms with Gasteiger partial charge in [0.25, 0.3) is 0 Å². The molecule has 0 aromatic heterocycles. The molecule has 16 heteroatoms. The highest BCUT2D eigenvalue weighted by molar-refractivity contribution is 7.98. The van der Waals surface area contributed by atoms with Gasteiger partial charge in [0.2, 0.25) is 23.6 Å². The predicted octanol–water partition coefficient (Wildman–Crippen LogP) is -4.08. The molecule has 0 aliphatic carbocycles. The predicted molar refractivity (Wildman–Crippen MR) is 130 cm³/mol. The van der Waals surface area contributed by atoms with Crippen LogP contribution in [0.2, 0.25) is 0 Å². The Labute approximate surface area is 207 Å². The number of carbonyl (C=O) groups excluding carboxylic acids is 4. The van der Waals surface area contributed by atoms with E-state index in [1.807, 2.05) is 0 Å². The lowest BCUT2D eigenvalue weighted by Crippen LogP contribution is -2.60. The molecule has 0 saturated carbocycles. The summed E-state index contributed by atoms with van der Waals surface area (Å²) in [5.41, 5.74) is 21.1. The quantitative estimate of drug-likeness (QED) is 0.0505. The van der Waals surface area contributed by atoms with Crippen molar-refractivity contribution in [2.45, 2.75) is 62.9 Å². The third-order valence-electron chi connectivity index (χ3n) is 4.62. The van der Waals surface area contributed by atoms with Gasteiger partial charge in [0.05, 0.1) is 18.6 Å². The van der Waals surface area contributed by atoms with Crippen LogP contribution in [-0.4, -0.2) is 94.6 Å². The number of nitrogens with two attached hydrogens (primary N) is 4. The first-order chi connectivity index (χ1) is 16.3. The number of nitrogens with zero attached hydrogens (tertiary/aromatic N) is 1. The molecular weight excluding hydrogens is 484 g/mol. The zero-order chi connectivity index (χ0) is 27.1. The van der Waals surface area contributed by atoms with E-state index < -0.39 is 66.3 Å². The first kappa shape index (κ1) is 31.9. The molecule has 0 heterocycles. The van der Waals surface area contributed by atoms with Crippen molar-refractivity contribution in [1.82, 2.24) is 16.0 Å². The van der Waals surface area contributed by atoms with Crippen LogP contribution in [0.15, 0.2) is 4.99 Å². The molecule has 0 aliphatic rings. The Balaban J connectivity index is 5.34. The number of guanidine groups is 1. The fourth-order valence-electron chi connectivity index (χ4n) is 2.77. The van der Waals surface area contributed by atoms with Gasteiger partial charge in [-0.15, -0.1) is 0 Å². The largest absolute Gasteiger partial charge is 0.480 e. The van der Waals surface area contributed by atoms with Crippen LogP contribution in [0.1, 0.15) is 32.6 Å². The average Bonchev–Trinajstić information content (AvgIpc) is 2.75. The molecule has 0 aromatic carbocycles. The number of thioether (sulfide) groups is 1. The SMILES string of the molecule is CSCCC(NC(=O)C(N)CC(N)=O)C(=O)NC(C(=O)NC(CCCN=C(N)N)C(=O)O)C(C)O. The van der Waals surface area contributed by atoms with Crippen LogP contribution in [0.5, 0.6) is 0 Å². The molecule has 5 unspecified atom stereocenters. The summed E-state index contributed by atoms with van der Waals surface area (Å²) in [6.07, 6.45) is 0.336. The molecule has 200 valence electrons. The van der Waals surface area contributed by atoms with Gasteiger partial charge in [-0.25, -0.2) is 4.79 Å². The summed E-state index contributed by atoms with van der Waals surface area (Å²) in [7, 11) is 0. The van der Waals surface area contributed by atoms with Crippen LogP contribution >= 0.6 is 11.8 Å². The van der Waals surface area contributed by atoms with Crippen LogP contribution in [0.4, 0.5) is 0 Å². The number of aliphatic carboxylic acids is 1. The Morgan fingerprint density at radius 2 is 1.54 bits per heavy atom. The summed E-state index contributed by atoms with van der Waals surface area (Å²) in [6.45, 7) is 1.38. The summed E-state index contributed by atoms with van der Waals surface area (Å²) in [6, 6.07) is -5.26. The normalized spacial score (nSPS) is 15.0. The first-order valence-electron chi connectivity index (χ1n) is 10.7. The monoisotopic (exact) mass is 520 g/mol. The first-order valence-corrected chi connectivity index (χ1v) is 12.1. The molecule has 13 N–H and O–H groups in total. The maximum atomic E-state index is 12.8. The summed E-state index contributed by atoms with van der Waals surface area (Å²) in [5, 5.41) is 26.4. The van der Waals surface area contributed by atoms with E-state index in [1.54, 1.807) is 6.26 Å². The molecule has 0 aliphatic heterocycles. The number of aliphatic hydroxyl groups excluding tert-OH is 1. The van der Waals surface area contributed by atoms with E-state index in [0.717, 1.165) is 0 Å². The molecule has 0 rings (SSSR count). The van der Waals surface area contributed by atoms with Crippen molar-refractivity contribution in [3.63, 3.8) is 0 Å². The van der Waals surface area contributed by atoms with E-state index in [0.29, 0.717) is 5.75 Å². The third-order valence-corrected chi connectivity index (χ3v) is 5.27. The van der Waals surface area contributed by atoms with E-state index >= 15 is 0 Å². The zero-order valence-electron chi connectivity index (χ0n) is 19.7. The van der Waals surface area contributed by atoms with Gasteiger partial charge in [-0.2, -0.15) is 11.8 Å². The lowest BCUT2D eigenvalue weighted by Gasteiger charge is -2.26. The summed E-state index contributed by atoms with van der Waals surface area (Å²) in [5.74, 6) is -4.37. The second kappa shape index (κ2) is 16.5. The number of carboxylic acid groups (broad SMARTS) is 1. The van der Waals surface area contributed by atoms with Crippen LogP contribution < -0.4 is 38.9 Å². The third kappa shape index (κ3) is 13.4. The van der Waals surface area contributed by atoms with E-state index in [2.05, 4.69) is 20.9 Å². The van der Waals surface area contributed by atoms with Gasteiger partial charge in [-0.05, 0) is 38.2 Å². The van der Waals surface area contributed by atoms with Gasteiger partial charge in [0.1, 0.15) is 18.1 Å². The lowest BCUT2D eigenvalue weighted by atomic mass is 10.1. The second-order valence-corrected chi connectivity index (χ2v) is 8.68. The molecule has 0 fully saturated rings. The summed E-state index contributed by atoms with van der Waals surface area (Å²) >= 11 is 1.39. The van der Waals surface area contributed by atoms with Crippen molar-refractivity contribution in [3.8, 4) is 0 Å². The molecule has 15 nitrogen and oxygen atoms in total. The Hall–Kier alpha value is -3.11. The molecule has 0 radical (unpaired) electrons. The highest BCUT2D eigenvalue weighted by Crippen LogP contribution is 2.05. The molecule has 4 amide bonds. The maximum Gasteiger partial charge on any atom is 0.326 e. The van der Waals surface area contributed by atoms with Crippen molar-refractivity contribution in [2.24, 2.45) is 27.9 Å². The number of amides is 4. The summed E-state index contributed by atoms with van der Waals surface area (Å²) in [4.78, 5) is 64.0. The standard InChI is InChI=1S/C19H36N8O7S/c1-9(28)14(17(32)26-12(18(33)34)4-3-6-24-19(22)23)27-16(31)11(5-7-35-2)25-15(30)10(20)8-13(21)29/h9-12,14,28H,3-8,20H2,1-2H3,(H2,21,29)(H,25,30)(H,26,32)(H,27,31)(H,33,34)(H4,22,23,24). The second-order valence-electron chi connectivity index (χ2n) is 7.69. The smallest absolute Gasteiger partial charge is 0.326 e. The minimum absolute atomic E-state index is 0.0114. The molecule has 35 heavy (non-hydrogen) atoms. The number of carboxylic acids is 1. The Morgan fingerprint density at radius 1 is 0.943 bits per heavy atom. The van der Waals surface area contributed by atoms with Crippen LogP contribution in [-0.2, 0) is 24.0 Å². The van der Waals surface area contributed by atoms with Gasteiger partial charge in [0, 0.05) is 6.54 Å². The Morgan fingerprint density at radius 3 is 2.03 bits per heavy atom. The Kier molecular flexibility index (Phi) is 15.0. The van der Waals surface area contributed by atoms with E-state index in [-0.39, 0.29) is 31.8 Å². The fraction of sp³-hybridized carbons (Fsp3) is 0.684. The number of primary amides is 1. The van der Waals surface area contributed by atoms with E-state index in [1.165, 1.54) is 18.7 Å². The van der Waals surface area contributed by atoms with Gasteiger partial charge in [-0.1, -0.05) is 0 Å². The zero-order valence-corrected chi connectivity index (χ0v) is 20.5. The minimum atomic E-state index is -1.52. The number of hydrogen-bond acceptors (Lipinski definition) is 9. The number of aliphatic hydroxyl groups is 1. The minimum Gasteiger partial charge on any atom is -0.480 e. The molecule has 5 atom stereocenters. The van der Waals surface area contributed by atoms with Crippen LogP contribution in [0.25, 0.3) is 0 Å². The number of nitrogens with one attached hydrogen (secondary N) is 3. The van der Waals surface area contributed by atoms with Gasteiger partial charge >= 0.3 is 5.97 Å². The maximum absolute atomic E-state index is 12.8. The molecule has 0 spiro atoms. The van der Waals surface area contributed by atoms with Crippen molar-refractivity contribution >= 4 is 47.3 Å². The Bertz CT molecular complexity index is 776. The van der Waals surface area contributed by atoms with Crippen molar-refractivity contribution in [3.05, 3.63) is 0 Å². The number of rotatable bonds is 17. The average molecular weight is 521 g/mol. The van der Waals surface area contributed by atoms with E-state index in [9.17, 15) is 34.2 Å². The van der Waals surface area contributed by atoms with Gasteiger partial charge in [-0.3, -0.25) is 24.2 Å². The van der Waals surface area contributed by atoms with Crippen molar-refractivity contribution in [2.75, 3.05) is 18.6 Å².